The van der Waals surface area contributed by atoms with Crippen molar-refractivity contribution in [3.8, 4) is 0 Å². The number of rotatable bonds is 11. The van der Waals surface area contributed by atoms with Gasteiger partial charge in [-0.1, -0.05) is 13.8 Å². The Labute approximate surface area is 334 Å². The van der Waals surface area contributed by atoms with E-state index in [1.165, 1.54) is 20.1 Å². The van der Waals surface area contributed by atoms with E-state index in [1.807, 2.05) is 0 Å². The summed E-state index contributed by atoms with van der Waals surface area (Å²) in [6, 6.07) is -0.796. The second kappa shape index (κ2) is 20.4. The molecule has 3 fully saturated rings. The van der Waals surface area contributed by atoms with Crippen LogP contribution < -0.4 is 0 Å². The number of carbonyl (C=O) groups is 5. The molecule has 4 rings (SSSR count). The molecule has 324 valence electrons. The Morgan fingerprint density at radius 2 is 1.70 bits per heavy atom. The van der Waals surface area contributed by atoms with Crippen LogP contribution in [0.2, 0.25) is 0 Å². The van der Waals surface area contributed by atoms with Gasteiger partial charge < -0.3 is 62.5 Å². The summed E-state index contributed by atoms with van der Waals surface area (Å²) in [4.78, 5) is 65.2. The highest BCUT2D eigenvalue weighted by Crippen LogP contribution is 2.38. The van der Waals surface area contributed by atoms with Crippen molar-refractivity contribution >= 4 is 30.0 Å². The summed E-state index contributed by atoms with van der Waals surface area (Å²) in [7, 11) is 4.81. The minimum Gasteiger partial charge on any atom is -0.462 e. The molecular weight excluding hydrogens is 750 g/mol. The number of hydrogen-bond donors (Lipinski definition) is 2. The predicted molar refractivity (Wildman–Crippen MR) is 199 cm³/mol. The van der Waals surface area contributed by atoms with Gasteiger partial charge >= 0.3 is 17.9 Å². The molecule has 57 heavy (non-hydrogen) atoms. The van der Waals surface area contributed by atoms with Gasteiger partial charge in [0.05, 0.1) is 36.9 Å². The van der Waals surface area contributed by atoms with E-state index in [0.717, 1.165) is 0 Å². The molecule has 0 aliphatic carbocycles. The molecule has 0 spiro atoms. The highest BCUT2D eigenvalue weighted by Gasteiger charge is 2.53. The second-order valence-corrected chi connectivity index (χ2v) is 16.2. The van der Waals surface area contributed by atoms with Crippen molar-refractivity contribution in [3.05, 3.63) is 12.2 Å². The van der Waals surface area contributed by atoms with Crippen molar-refractivity contribution in [2.45, 2.75) is 178 Å². The van der Waals surface area contributed by atoms with Crippen LogP contribution in [0.25, 0.3) is 0 Å². The normalized spacial score (nSPS) is 42.7. The highest BCUT2D eigenvalue weighted by atomic mass is 16.7. The zero-order valence-electron chi connectivity index (χ0n) is 34.8. The van der Waals surface area contributed by atoms with Crippen molar-refractivity contribution in [2.24, 2.45) is 11.8 Å². The van der Waals surface area contributed by atoms with Crippen LogP contribution in [0.4, 0.5) is 0 Å². The number of methoxy groups -OCH3 is 1. The quantitative estimate of drug-likeness (QED) is 0.132. The van der Waals surface area contributed by atoms with Crippen molar-refractivity contribution in [1.82, 2.24) is 4.90 Å². The van der Waals surface area contributed by atoms with Gasteiger partial charge in [0.15, 0.2) is 24.5 Å². The molecule has 1 unspecified atom stereocenters. The lowest BCUT2D eigenvalue weighted by Crippen LogP contribution is -2.66. The first kappa shape index (κ1) is 46.8. The number of ketones is 1. The third-order valence-corrected chi connectivity index (χ3v) is 11.1. The van der Waals surface area contributed by atoms with E-state index in [1.54, 1.807) is 66.6 Å². The molecule has 2 N–H and O–H groups in total. The molecule has 0 aromatic rings. The van der Waals surface area contributed by atoms with Crippen LogP contribution in [-0.4, -0.2) is 158 Å². The maximum Gasteiger partial charge on any atom is 0.309 e. The van der Waals surface area contributed by atoms with Gasteiger partial charge in [0.1, 0.15) is 48.5 Å². The number of esters is 3. The molecular formula is C40H63NO16. The zero-order valence-corrected chi connectivity index (χ0v) is 34.8. The van der Waals surface area contributed by atoms with E-state index in [4.69, 9.17) is 42.6 Å². The molecule has 0 amide bonds. The van der Waals surface area contributed by atoms with Crippen LogP contribution in [-0.2, 0) is 66.6 Å². The number of likely N-dealkylation sites (N-methyl/N-ethyl adjacent to an activating group) is 1. The van der Waals surface area contributed by atoms with E-state index in [-0.39, 0.29) is 43.7 Å². The molecule has 0 aromatic heterocycles. The summed E-state index contributed by atoms with van der Waals surface area (Å²) in [6.45, 7) is 11.2. The lowest BCUT2D eigenvalue weighted by atomic mass is 9.83. The Morgan fingerprint density at radius 1 is 1.00 bits per heavy atom. The lowest BCUT2D eigenvalue weighted by Gasteiger charge is -2.50. The summed E-state index contributed by atoms with van der Waals surface area (Å²) in [5, 5.41) is 23.4. The molecule has 0 aromatic carbocycles. The number of ether oxygens (including phenoxy) is 9. The molecule has 0 saturated carbocycles. The summed E-state index contributed by atoms with van der Waals surface area (Å²) >= 11 is 0. The fourth-order valence-corrected chi connectivity index (χ4v) is 8.21. The van der Waals surface area contributed by atoms with Gasteiger partial charge in [-0.05, 0) is 66.3 Å². The summed E-state index contributed by atoms with van der Waals surface area (Å²) < 4.78 is 53.9. The van der Waals surface area contributed by atoms with E-state index < -0.39 is 115 Å². The van der Waals surface area contributed by atoms with Crippen molar-refractivity contribution in [1.29, 1.82) is 0 Å². The minimum absolute atomic E-state index is 0.0531. The van der Waals surface area contributed by atoms with Crippen molar-refractivity contribution < 1.29 is 76.8 Å². The number of epoxide rings is 1. The molecule has 4 heterocycles. The Kier molecular flexibility index (Phi) is 16.8. The van der Waals surface area contributed by atoms with Gasteiger partial charge in [0.25, 0.3) is 0 Å². The van der Waals surface area contributed by atoms with Crippen LogP contribution >= 0.6 is 0 Å². The first-order chi connectivity index (χ1) is 26.8. The molecule has 4 aliphatic rings. The summed E-state index contributed by atoms with van der Waals surface area (Å²) in [5.41, 5.74) is -1.50. The van der Waals surface area contributed by atoms with Gasteiger partial charge in [0.2, 0.25) is 0 Å². The molecule has 3 saturated heterocycles. The Bertz CT molecular complexity index is 1420. The molecule has 0 radical (unpaired) electrons. The van der Waals surface area contributed by atoms with Crippen LogP contribution in [0.5, 0.6) is 0 Å². The second-order valence-electron chi connectivity index (χ2n) is 16.2. The smallest absolute Gasteiger partial charge is 0.309 e. The Balaban J connectivity index is 1.66. The number of allylic oxidation sites excluding steroid dienone is 1. The predicted octanol–water partition coefficient (Wildman–Crippen LogP) is 1.80. The third-order valence-electron chi connectivity index (χ3n) is 11.1. The monoisotopic (exact) mass is 813 g/mol. The first-order valence-electron chi connectivity index (χ1n) is 19.9. The minimum atomic E-state index is -1.50. The average molecular weight is 814 g/mol. The number of fused-ring (bicyclic) bond motifs is 1. The number of carbonyl (C=O) groups excluding carboxylic acids is 5. The zero-order chi connectivity index (χ0) is 42.4. The third kappa shape index (κ3) is 12.3. The standard InChI is InChI=1S/C40H63NO16/c1-11-30(45)55-38-23(5)51-32(19-40(38,7)48)56-35-22(4)52-39(34(47)33(35)41(8)9)57-36-25(14-15-42)16-20(2)26(44)12-13-27-28(54-27)17-21(3)50-31(46)18-29(37(36)49-10)53-24(6)43/h12-13,15,20-23,25,27-29,32-39,47-48H,11,14,16-19H2,1-10H3/b13-12+/t20-,21-,22-,23+,25+,27+,28+,29-,32+,33-,34-,35-,36?,37+,38+,39+,40-/m1/s1. The van der Waals surface area contributed by atoms with Gasteiger partial charge in [-0.3, -0.25) is 19.2 Å². The van der Waals surface area contributed by atoms with Gasteiger partial charge in [-0.15, -0.1) is 0 Å². The van der Waals surface area contributed by atoms with E-state index in [0.29, 0.717) is 12.7 Å². The van der Waals surface area contributed by atoms with Crippen LogP contribution in [0.15, 0.2) is 12.2 Å². The van der Waals surface area contributed by atoms with Gasteiger partial charge in [-0.25, -0.2) is 0 Å². The van der Waals surface area contributed by atoms with E-state index in [2.05, 4.69) is 0 Å². The molecule has 0 bridgehead atoms. The Hall–Kier alpha value is -2.87. The van der Waals surface area contributed by atoms with Crippen LogP contribution in [0.3, 0.4) is 0 Å². The Morgan fingerprint density at radius 3 is 2.30 bits per heavy atom. The fourth-order valence-electron chi connectivity index (χ4n) is 8.21. The largest absolute Gasteiger partial charge is 0.462 e. The maximum absolute atomic E-state index is 13.4. The lowest BCUT2D eigenvalue weighted by molar-refractivity contribution is -0.344. The molecule has 4 aliphatic heterocycles. The first-order valence-corrected chi connectivity index (χ1v) is 19.9. The molecule has 17 atom stereocenters. The highest BCUT2D eigenvalue weighted by molar-refractivity contribution is 5.91. The van der Waals surface area contributed by atoms with E-state index in [9.17, 15) is 34.2 Å². The van der Waals surface area contributed by atoms with Crippen LogP contribution in [0.1, 0.15) is 87.0 Å². The fraction of sp³-hybridized carbons (Fsp3) is 0.825. The number of hydrogen-bond acceptors (Lipinski definition) is 17. The number of aldehydes is 1. The topological polar surface area (TPSA) is 215 Å². The molecule has 17 nitrogen and oxygen atoms in total. The van der Waals surface area contributed by atoms with Gasteiger partial charge in [0, 0.05) is 45.6 Å². The molecule has 17 heteroatoms. The summed E-state index contributed by atoms with van der Waals surface area (Å²) in [5.74, 6) is -3.45. The van der Waals surface area contributed by atoms with Crippen LogP contribution in [0, 0.1) is 11.8 Å². The maximum atomic E-state index is 13.4. The number of nitrogens with zero attached hydrogens (tertiary/aromatic N) is 1. The van der Waals surface area contributed by atoms with Gasteiger partial charge in [-0.2, -0.15) is 0 Å². The number of aliphatic hydroxyl groups excluding tert-OH is 1. The number of aliphatic hydroxyl groups is 2. The van der Waals surface area contributed by atoms with E-state index >= 15 is 0 Å². The summed E-state index contributed by atoms with van der Waals surface area (Å²) in [6.07, 6.45) is -8.00. The SMILES string of the molecule is CCC(=O)O[C@H]1[C@H](C)O[C@@H](O[C@H]2[C@H](N(C)C)[C@@H](O)[C@H](OC3[C@@H](CC=O)C[C@@H](C)C(=O)/C=C/[C@@H]4O[C@H]4C[C@@H](C)OC(=O)C[C@@H](OC(C)=O)[C@@H]3OC)O[C@@H]2C)C[C@@]1(C)O. The average Bonchev–Trinajstić information content (AvgIpc) is 3.86. The van der Waals surface area contributed by atoms with Crippen molar-refractivity contribution in [2.75, 3.05) is 21.2 Å². The number of cyclic esters (lactones) is 1. The van der Waals surface area contributed by atoms with Crippen molar-refractivity contribution in [3.63, 3.8) is 0 Å².